The standard InChI is InChI=1S/C34H51F3O4S/c1-4-6-12-31-29(16-15-26-22-33(39,5-2)18-17-30(26)31)25-14-13-24(20-25)23(3)19-28(21-32(38)34(35,36)37)42(40,41)27-10-8-7-9-11-27/h7-11,15,23-25,28-32,38-39H,4-6,12-14,16-22H2,1-3H3/t23-,24+,25-,28?,29+,30+,31+,32+,33+/m1/s1. The first-order chi connectivity index (χ1) is 19.8. The Morgan fingerprint density at radius 2 is 1.79 bits per heavy atom. The van der Waals surface area contributed by atoms with Crippen LogP contribution in [0.5, 0.6) is 0 Å². The third-order valence-electron chi connectivity index (χ3n) is 11.1. The zero-order chi connectivity index (χ0) is 30.7. The number of fused-ring (bicyclic) bond motifs is 1. The zero-order valence-electron chi connectivity index (χ0n) is 25.5. The van der Waals surface area contributed by atoms with Gasteiger partial charge in [-0.05, 0) is 118 Å². The number of hydrogen-bond donors (Lipinski definition) is 2. The number of rotatable bonds is 12. The summed E-state index contributed by atoms with van der Waals surface area (Å²) in [7, 11) is -4.05. The molecule has 0 aliphatic heterocycles. The van der Waals surface area contributed by atoms with Crippen LogP contribution in [0.2, 0.25) is 0 Å². The molecule has 2 saturated carbocycles. The van der Waals surface area contributed by atoms with Crippen LogP contribution in [0.1, 0.15) is 104 Å². The van der Waals surface area contributed by atoms with Crippen LogP contribution in [0.15, 0.2) is 46.9 Å². The summed E-state index contributed by atoms with van der Waals surface area (Å²) < 4.78 is 67.0. The third-order valence-corrected chi connectivity index (χ3v) is 13.3. The summed E-state index contributed by atoms with van der Waals surface area (Å²) in [5.41, 5.74) is 0.873. The highest BCUT2D eigenvalue weighted by Crippen LogP contribution is 2.54. The van der Waals surface area contributed by atoms with E-state index < -0.39 is 39.4 Å². The Hall–Kier alpha value is -1.38. The topological polar surface area (TPSA) is 74.6 Å². The second-order valence-electron chi connectivity index (χ2n) is 13.7. The first kappa shape index (κ1) is 33.5. The molecule has 0 spiro atoms. The van der Waals surface area contributed by atoms with Crippen LogP contribution >= 0.6 is 0 Å². The van der Waals surface area contributed by atoms with E-state index in [2.05, 4.69) is 19.9 Å². The molecule has 42 heavy (non-hydrogen) atoms. The van der Waals surface area contributed by atoms with Crippen LogP contribution in [-0.2, 0) is 9.84 Å². The van der Waals surface area contributed by atoms with Gasteiger partial charge in [0, 0.05) is 0 Å². The van der Waals surface area contributed by atoms with Gasteiger partial charge in [0.2, 0.25) is 0 Å². The molecule has 1 unspecified atom stereocenters. The Balaban J connectivity index is 1.48. The monoisotopic (exact) mass is 612 g/mol. The summed E-state index contributed by atoms with van der Waals surface area (Å²) in [5.74, 6) is 2.39. The molecule has 3 aliphatic carbocycles. The maximum absolute atomic E-state index is 13.5. The van der Waals surface area contributed by atoms with Gasteiger partial charge in [0.1, 0.15) is 0 Å². The number of unbranched alkanes of at least 4 members (excludes halogenated alkanes) is 1. The Morgan fingerprint density at radius 1 is 1.07 bits per heavy atom. The molecule has 2 fully saturated rings. The van der Waals surface area contributed by atoms with Crippen molar-refractivity contribution in [1.29, 1.82) is 0 Å². The Labute approximate surface area is 251 Å². The van der Waals surface area contributed by atoms with Gasteiger partial charge in [0.25, 0.3) is 0 Å². The van der Waals surface area contributed by atoms with Crippen molar-refractivity contribution in [3.63, 3.8) is 0 Å². The van der Waals surface area contributed by atoms with Gasteiger partial charge in [-0.15, -0.1) is 0 Å². The predicted molar refractivity (Wildman–Crippen MR) is 160 cm³/mol. The van der Waals surface area contributed by atoms with Crippen LogP contribution in [0.25, 0.3) is 0 Å². The van der Waals surface area contributed by atoms with Crippen LogP contribution < -0.4 is 0 Å². The van der Waals surface area contributed by atoms with Crippen molar-refractivity contribution >= 4 is 9.84 Å². The molecular weight excluding hydrogens is 561 g/mol. The summed E-state index contributed by atoms with van der Waals surface area (Å²) >= 11 is 0. The number of sulfone groups is 1. The van der Waals surface area contributed by atoms with E-state index in [1.54, 1.807) is 18.2 Å². The van der Waals surface area contributed by atoms with E-state index in [1.165, 1.54) is 30.5 Å². The van der Waals surface area contributed by atoms with Crippen LogP contribution in [-0.4, -0.2) is 41.8 Å². The molecule has 0 heterocycles. The zero-order valence-corrected chi connectivity index (χ0v) is 26.3. The fraction of sp³-hybridized carbons (Fsp3) is 0.765. The predicted octanol–water partition coefficient (Wildman–Crippen LogP) is 8.28. The van der Waals surface area contributed by atoms with Gasteiger partial charge >= 0.3 is 6.18 Å². The first-order valence-corrected chi connectivity index (χ1v) is 17.8. The van der Waals surface area contributed by atoms with Crippen molar-refractivity contribution in [3.05, 3.63) is 42.0 Å². The van der Waals surface area contributed by atoms with Crippen molar-refractivity contribution in [1.82, 2.24) is 0 Å². The van der Waals surface area contributed by atoms with E-state index in [1.807, 2.05) is 6.92 Å². The number of allylic oxidation sites excluding steroid dienone is 1. The summed E-state index contributed by atoms with van der Waals surface area (Å²) in [6.45, 7) is 6.29. The van der Waals surface area contributed by atoms with Gasteiger partial charge in [-0.2, -0.15) is 13.2 Å². The lowest BCUT2D eigenvalue weighted by molar-refractivity contribution is -0.205. The molecule has 0 amide bonds. The number of benzene rings is 1. The molecule has 3 aliphatic rings. The molecule has 8 heteroatoms. The van der Waals surface area contributed by atoms with Crippen molar-refractivity contribution in [3.8, 4) is 0 Å². The van der Waals surface area contributed by atoms with Crippen molar-refractivity contribution in [2.45, 2.75) is 132 Å². The molecule has 0 bridgehead atoms. The first-order valence-electron chi connectivity index (χ1n) is 16.2. The highest BCUT2D eigenvalue weighted by atomic mass is 32.2. The van der Waals surface area contributed by atoms with Gasteiger partial charge in [-0.1, -0.05) is 63.5 Å². The van der Waals surface area contributed by atoms with Gasteiger partial charge < -0.3 is 10.2 Å². The lowest BCUT2D eigenvalue weighted by atomic mass is 9.59. The molecule has 9 atom stereocenters. The summed E-state index contributed by atoms with van der Waals surface area (Å²) in [4.78, 5) is 0.00638. The molecule has 4 nitrogen and oxygen atoms in total. The largest absolute Gasteiger partial charge is 0.414 e. The Bertz CT molecular complexity index is 1150. The average Bonchev–Trinajstić information content (AvgIpc) is 3.45. The maximum atomic E-state index is 13.5. The molecule has 1 aromatic rings. The van der Waals surface area contributed by atoms with Crippen molar-refractivity contribution in [2.24, 2.45) is 35.5 Å². The number of aliphatic hydroxyl groups excluding tert-OH is 1. The minimum absolute atomic E-state index is 0.00638. The highest BCUT2D eigenvalue weighted by Gasteiger charge is 2.47. The van der Waals surface area contributed by atoms with E-state index in [0.29, 0.717) is 23.7 Å². The molecule has 1 aromatic carbocycles. The number of aliphatic hydroxyl groups is 2. The third kappa shape index (κ3) is 7.63. The summed E-state index contributed by atoms with van der Waals surface area (Å²) in [6, 6.07) is 7.67. The van der Waals surface area contributed by atoms with Gasteiger partial charge in [-0.25, -0.2) is 8.42 Å². The number of alkyl halides is 3. The van der Waals surface area contributed by atoms with Gasteiger partial charge in [-0.3, -0.25) is 0 Å². The SMILES string of the molecule is CCCC[C@H]1[C@H]([C@@H]2CC[C@H]([C@H](C)CC(C[C@H](O)C(F)(F)F)S(=O)(=O)c3ccccc3)C2)CC=C2C[C@](O)(CC)CC[C@@H]21. The van der Waals surface area contributed by atoms with Crippen LogP contribution in [0, 0.1) is 35.5 Å². The second-order valence-corrected chi connectivity index (χ2v) is 15.9. The quantitative estimate of drug-likeness (QED) is 0.233. The molecule has 238 valence electrons. The Morgan fingerprint density at radius 3 is 2.43 bits per heavy atom. The number of halogens is 3. The van der Waals surface area contributed by atoms with Crippen molar-refractivity contribution in [2.75, 3.05) is 0 Å². The minimum atomic E-state index is -4.86. The van der Waals surface area contributed by atoms with E-state index in [-0.39, 0.29) is 23.2 Å². The molecule has 4 rings (SSSR count). The summed E-state index contributed by atoms with van der Waals surface area (Å²) in [5, 5.41) is 19.6. The highest BCUT2D eigenvalue weighted by molar-refractivity contribution is 7.92. The van der Waals surface area contributed by atoms with Gasteiger partial charge in [0.05, 0.1) is 15.7 Å². The fourth-order valence-corrected chi connectivity index (χ4v) is 10.4. The molecule has 2 N–H and O–H groups in total. The van der Waals surface area contributed by atoms with E-state index in [0.717, 1.165) is 57.8 Å². The average molecular weight is 613 g/mol. The minimum Gasteiger partial charge on any atom is -0.390 e. The Kier molecular flexibility index (Phi) is 11.0. The molecule has 0 radical (unpaired) electrons. The lowest BCUT2D eigenvalue weighted by Gasteiger charge is -2.47. The van der Waals surface area contributed by atoms with Crippen molar-refractivity contribution < 1.29 is 31.8 Å². The fourth-order valence-electron chi connectivity index (χ4n) is 8.48. The number of hydrogen-bond acceptors (Lipinski definition) is 4. The molecule has 0 aromatic heterocycles. The van der Waals surface area contributed by atoms with Crippen LogP contribution in [0.3, 0.4) is 0 Å². The smallest absolute Gasteiger partial charge is 0.390 e. The normalized spacial score (nSPS) is 32.6. The van der Waals surface area contributed by atoms with Crippen LogP contribution in [0.4, 0.5) is 13.2 Å². The maximum Gasteiger partial charge on any atom is 0.414 e. The van der Waals surface area contributed by atoms with E-state index in [9.17, 15) is 31.8 Å². The molecular formula is C34H51F3O4S. The van der Waals surface area contributed by atoms with E-state index >= 15 is 0 Å². The molecule has 0 saturated heterocycles. The lowest BCUT2D eigenvalue weighted by Crippen LogP contribution is -2.41. The summed E-state index contributed by atoms with van der Waals surface area (Å²) in [6.07, 6.45) is 5.15. The second kappa shape index (κ2) is 13.7. The van der Waals surface area contributed by atoms with E-state index in [4.69, 9.17) is 0 Å². The van der Waals surface area contributed by atoms with Gasteiger partial charge in [0.15, 0.2) is 15.9 Å².